The van der Waals surface area contributed by atoms with Crippen LogP contribution in [0.25, 0.3) is 0 Å². The Morgan fingerprint density at radius 2 is 2.30 bits per heavy atom. The summed E-state index contributed by atoms with van der Waals surface area (Å²) in [6.45, 7) is 3.97. The lowest BCUT2D eigenvalue weighted by Crippen LogP contribution is -2.37. The summed E-state index contributed by atoms with van der Waals surface area (Å²) < 4.78 is 19.7. The fourth-order valence-electron chi connectivity index (χ4n) is 2.25. The van der Waals surface area contributed by atoms with Crippen molar-refractivity contribution in [2.75, 3.05) is 13.1 Å². The highest BCUT2D eigenvalue weighted by atomic mass is 19.1. The standard InChI is InChI=1S/C15H21FN2O2/c1-2-17-10-11-6-5-7-12(16)14(11)20-13-8-3-4-9-18-15(13)19/h5-7,13,17H,2-4,8-10H2,1H3,(H,18,19). The number of para-hydroxylation sites is 1. The number of ether oxygens (including phenoxy) is 1. The van der Waals surface area contributed by atoms with Crippen LogP contribution in [0.1, 0.15) is 31.7 Å². The maximum Gasteiger partial charge on any atom is 0.261 e. The zero-order valence-corrected chi connectivity index (χ0v) is 11.7. The summed E-state index contributed by atoms with van der Waals surface area (Å²) in [6.07, 6.45) is 1.86. The Morgan fingerprint density at radius 3 is 3.10 bits per heavy atom. The minimum absolute atomic E-state index is 0.153. The van der Waals surface area contributed by atoms with Gasteiger partial charge >= 0.3 is 0 Å². The molecule has 110 valence electrons. The predicted molar refractivity (Wildman–Crippen MR) is 75.1 cm³/mol. The van der Waals surface area contributed by atoms with Gasteiger partial charge in [0.1, 0.15) is 0 Å². The predicted octanol–water partition coefficient (Wildman–Crippen LogP) is 1.98. The smallest absolute Gasteiger partial charge is 0.261 e. The van der Waals surface area contributed by atoms with E-state index in [4.69, 9.17) is 4.74 Å². The molecule has 1 fully saturated rings. The van der Waals surface area contributed by atoms with E-state index in [2.05, 4.69) is 10.6 Å². The molecule has 1 unspecified atom stereocenters. The summed E-state index contributed by atoms with van der Waals surface area (Å²) in [7, 11) is 0. The molecule has 1 saturated heterocycles. The number of carbonyl (C=O) groups excluding carboxylic acids is 1. The molecule has 1 aliphatic rings. The van der Waals surface area contributed by atoms with E-state index in [0.29, 0.717) is 19.5 Å². The van der Waals surface area contributed by atoms with Gasteiger partial charge in [0.05, 0.1) is 0 Å². The van der Waals surface area contributed by atoms with Crippen molar-refractivity contribution in [2.45, 2.75) is 38.8 Å². The van der Waals surface area contributed by atoms with Crippen molar-refractivity contribution < 1.29 is 13.9 Å². The Bertz CT molecular complexity index is 465. The molecule has 0 spiro atoms. The number of rotatable bonds is 5. The molecule has 2 rings (SSSR count). The van der Waals surface area contributed by atoms with Crippen LogP contribution >= 0.6 is 0 Å². The first-order valence-corrected chi connectivity index (χ1v) is 7.15. The molecule has 1 amide bonds. The molecule has 1 heterocycles. The van der Waals surface area contributed by atoms with Crippen LogP contribution in [0.5, 0.6) is 5.75 Å². The number of amides is 1. The molecule has 0 saturated carbocycles. The number of hydrogen-bond acceptors (Lipinski definition) is 3. The minimum Gasteiger partial charge on any atom is -0.477 e. The van der Waals surface area contributed by atoms with Gasteiger partial charge < -0.3 is 15.4 Å². The van der Waals surface area contributed by atoms with E-state index in [1.165, 1.54) is 6.07 Å². The van der Waals surface area contributed by atoms with Gasteiger partial charge in [0, 0.05) is 18.7 Å². The molecular weight excluding hydrogens is 259 g/mol. The van der Waals surface area contributed by atoms with Gasteiger partial charge in [0.2, 0.25) is 0 Å². The zero-order valence-electron chi connectivity index (χ0n) is 11.7. The van der Waals surface area contributed by atoms with Gasteiger partial charge in [-0.05, 0) is 31.9 Å². The summed E-state index contributed by atoms with van der Waals surface area (Å²) >= 11 is 0. The third-order valence-corrected chi connectivity index (χ3v) is 3.36. The van der Waals surface area contributed by atoms with E-state index in [1.807, 2.05) is 13.0 Å². The lowest BCUT2D eigenvalue weighted by atomic mass is 10.1. The molecular formula is C15H21FN2O2. The molecule has 1 aromatic carbocycles. The van der Waals surface area contributed by atoms with Crippen LogP contribution in [0.3, 0.4) is 0 Å². The van der Waals surface area contributed by atoms with Gasteiger partial charge in [-0.3, -0.25) is 4.79 Å². The summed E-state index contributed by atoms with van der Waals surface area (Å²) in [5, 5.41) is 5.94. The maximum absolute atomic E-state index is 14.0. The second-order valence-electron chi connectivity index (χ2n) is 4.90. The molecule has 1 atom stereocenters. The number of carbonyl (C=O) groups is 1. The van der Waals surface area contributed by atoms with Crippen LogP contribution in [0.2, 0.25) is 0 Å². The van der Waals surface area contributed by atoms with Gasteiger partial charge in [0.25, 0.3) is 5.91 Å². The summed E-state index contributed by atoms with van der Waals surface area (Å²) in [5.74, 6) is -0.381. The SMILES string of the molecule is CCNCc1cccc(F)c1OC1CCCCNC1=O. The van der Waals surface area contributed by atoms with Crippen molar-refractivity contribution >= 4 is 5.91 Å². The Kier molecular flexibility index (Phi) is 5.35. The van der Waals surface area contributed by atoms with E-state index in [9.17, 15) is 9.18 Å². The molecule has 4 nitrogen and oxygen atoms in total. The Morgan fingerprint density at radius 1 is 1.45 bits per heavy atom. The van der Waals surface area contributed by atoms with E-state index in [1.54, 1.807) is 6.07 Å². The lowest BCUT2D eigenvalue weighted by Gasteiger charge is -2.19. The molecule has 1 aliphatic heterocycles. The quantitative estimate of drug-likeness (QED) is 0.867. The number of nitrogens with one attached hydrogen (secondary N) is 2. The van der Waals surface area contributed by atoms with Crippen molar-refractivity contribution in [1.29, 1.82) is 0 Å². The fraction of sp³-hybridized carbons (Fsp3) is 0.533. The van der Waals surface area contributed by atoms with E-state index in [-0.39, 0.29) is 11.7 Å². The van der Waals surface area contributed by atoms with Crippen molar-refractivity contribution in [3.63, 3.8) is 0 Å². The molecule has 1 aromatic rings. The van der Waals surface area contributed by atoms with Crippen LogP contribution in [0.15, 0.2) is 18.2 Å². The molecule has 5 heteroatoms. The second kappa shape index (κ2) is 7.24. The average Bonchev–Trinajstić information content (AvgIpc) is 2.64. The van der Waals surface area contributed by atoms with Crippen LogP contribution in [0, 0.1) is 5.82 Å². The van der Waals surface area contributed by atoms with Gasteiger partial charge in [0.15, 0.2) is 17.7 Å². The first kappa shape index (κ1) is 14.8. The van der Waals surface area contributed by atoms with E-state index in [0.717, 1.165) is 24.9 Å². The summed E-state index contributed by atoms with van der Waals surface area (Å²) in [6, 6.07) is 4.83. The monoisotopic (exact) mass is 280 g/mol. The van der Waals surface area contributed by atoms with Crippen LogP contribution in [-0.2, 0) is 11.3 Å². The molecule has 0 aromatic heterocycles. The van der Waals surface area contributed by atoms with Crippen molar-refractivity contribution in [3.05, 3.63) is 29.6 Å². The van der Waals surface area contributed by atoms with E-state index >= 15 is 0 Å². The number of hydrogen-bond donors (Lipinski definition) is 2. The second-order valence-corrected chi connectivity index (χ2v) is 4.90. The first-order valence-electron chi connectivity index (χ1n) is 7.15. The third-order valence-electron chi connectivity index (χ3n) is 3.36. The fourth-order valence-corrected chi connectivity index (χ4v) is 2.25. The summed E-state index contributed by atoms with van der Waals surface area (Å²) in [5.41, 5.74) is 0.740. The third kappa shape index (κ3) is 3.70. The Labute approximate surface area is 118 Å². The molecule has 0 aliphatic carbocycles. The van der Waals surface area contributed by atoms with Gasteiger partial charge in [-0.15, -0.1) is 0 Å². The van der Waals surface area contributed by atoms with Crippen molar-refractivity contribution in [1.82, 2.24) is 10.6 Å². The normalized spacial score (nSPS) is 19.3. The van der Waals surface area contributed by atoms with Crippen LogP contribution in [0.4, 0.5) is 4.39 Å². The van der Waals surface area contributed by atoms with E-state index < -0.39 is 11.9 Å². The molecule has 0 bridgehead atoms. The topological polar surface area (TPSA) is 50.4 Å². The largest absolute Gasteiger partial charge is 0.477 e. The van der Waals surface area contributed by atoms with Gasteiger partial charge in [-0.25, -0.2) is 4.39 Å². The first-order chi connectivity index (χ1) is 9.72. The molecule has 20 heavy (non-hydrogen) atoms. The van der Waals surface area contributed by atoms with Crippen molar-refractivity contribution in [3.8, 4) is 5.75 Å². The average molecular weight is 280 g/mol. The summed E-state index contributed by atoms with van der Waals surface area (Å²) in [4.78, 5) is 11.9. The Hall–Kier alpha value is -1.62. The maximum atomic E-state index is 14.0. The van der Waals surface area contributed by atoms with Crippen LogP contribution in [-0.4, -0.2) is 25.1 Å². The number of benzene rings is 1. The van der Waals surface area contributed by atoms with Crippen molar-refractivity contribution in [2.24, 2.45) is 0 Å². The number of halogens is 1. The van der Waals surface area contributed by atoms with Gasteiger partial charge in [-0.1, -0.05) is 19.1 Å². The van der Waals surface area contributed by atoms with Gasteiger partial charge in [-0.2, -0.15) is 0 Å². The highest BCUT2D eigenvalue weighted by Gasteiger charge is 2.24. The van der Waals surface area contributed by atoms with Crippen LogP contribution < -0.4 is 15.4 Å². The highest BCUT2D eigenvalue weighted by molar-refractivity contribution is 5.81. The molecule has 0 radical (unpaired) electrons. The molecule has 2 N–H and O–H groups in total. The minimum atomic E-state index is -0.602. The highest BCUT2D eigenvalue weighted by Crippen LogP contribution is 2.25. The lowest BCUT2D eigenvalue weighted by molar-refractivity contribution is -0.127. The zero-order chi connectivity index (χ0) is 14.4. The Balaban J connectivity index is 2.16.